The summed E-state index contributed by atoms with van der Waals surface area (Å²) >= 11 is 0. The van der Waals surface area contributed by atoms with Crippen molar-refractivity contribution in [3.63, 3.8) is 0 Å². The van der Waals surface area contributed by atoms with E-state index in [4.69, 9.17) is 9.47 Å². The molecule has 0 fully saturated rings. The Hall–Kier alpha value is -3.41. The molecule has 0 atom stereocenters. The Labute approximate surface area is 144 Å². The summed E-state index contributed by atoms with van der Waals surface area (Å²) in [5, 5.41) is 9.23. The number of hydrogen-bond acceptors (Lipinski definition) is 5. The number of rotatable bonds is 6. The Morgan fingerprint density at radius 2 is 1.80 bits per heavy atom. The predicted octanol–water partition coefficient (Wildman–Crippen LogP) is 3.43. The van der Waals surface area contributed by atoms with Gasteiger partial charge in [0.25, 0.3) is 0 Å². The van der Waals surface area contributed by atoms with E-state index in [1.807, 2.05) is 36.4 Å². The van der Waals surface area contributed by atoms with Crippen LogP contribution in [0.1, 0.15) is 15.9 Å². The van der Waals surface area contributed by atoms with Crippen LogP contribution >= 0.6 is 0 Å². The molecular weight excluding hydrogens is 320 g/mol. The van der Waals surface area contributed by atoms with Crippen molar-refractivity contribution in [3.05, 3.63) is 72.1 Å². The first-order chi connectivity index (χ1) is 12.2. The molecule has 0 aliphatic heterocycles. The number of nitrogens with zero attached hydrogens (tertiary/aromatic N) is 2. The minimum atomic E-state index is -1.10. The van der Waals surface area contributed by atoms with Crippen LogP contribution in [0.3, 0.4) is 0 Å². The summed E-state index contributed by atoms with van der Waals surface area (Å²) in [6.07, 6.45) is 3.17. The van der Waals surface area contributed by atoms with Crippen LogP contribution in [0.5, 0.6) is 11.8 Å². The van der Waals surface area contributed by atoms with Crippen LogP contribution in [-0.4, -0.2) is 28.2 Å². The first-order valence-corrected chi connectivity index (χ1v) is 7.58. The normalized spacial score (nSPS) is 10.3. The van der Waals surface area contributed by atoms with Crippen LogP contribution < -0.4 is 9.47 Å². The highest BCUT2D eigenvalue weighted by Crippen LogP contribution is 2.25. The molecule has 0 aliphatic rings. The molecule has 0 amide bonds. The predicted molar refractivity (Wildman–Crippen MR) is 91.8 cm³/mol. The van der Waals surface area contributed by atoms with Crippen LogP contribution in [0.4, 0.5) is 0 Å². The molecule has 1 N–H and O–H groups in total. The minimum Gasteiger partial charge on any atom is -0.480 e. The van der Waals surface area contributed by atoms with Crippen molar-refractivity contribution in [2.24, 2.45) is 0 Å². The number of pyridine rings is 2. The molecule has 2 aromatic heterocycles. The van der Waals surface area contributed by atoms with Gasteiger partial charge >= 0.3 is 5.97 Å². The van der Waals surface area contributed by atoms with E-state index in [0.29, 0.717) is 18.1 Å². The highest BCUT2D eigenvalue weighted by molar-refractivity contribution is 5.91. The van der Waals surface area contributed by atoms with E-state index in [-0.39, 0.29) is 11.4 Å². The Morgan fingerprint density at radius 1 is 1.04 bits per heavy atom. The maximum absolute atomic E-state index is 11.3. The van der Waals surface area contributed by atoms with Crippen molar-refractivity contribution < 1.29 is 19.4 Å². The van der Waals surface area contributed by atoms with Gasteiger partial charge in [-0.2, -0.15) is 0 Å². The number of carbonyl (C=O) groups is 1. The zero-order valence-corrected chi connectivity index (χ0v) is 13.5. The summed E-state index contributed by atoms with van der Waals surface area (Å²) in [6, 6.07) is 14.9. The highest BCUT2D eigenvalue weighted by Gasteiger charge is 2.14. The third-order valence-corrected chi connectivity index (χ3v) is 3.57. The van der Waals surface area contributed by atoms with Crippen LogP contribution in [0, 0.1) is 0 Å². The van der Waals surface area contributed by atoms with Crippen molar-refractivity contribution >= 4 is 5.97 Å². The topological polar surface area (TPSA) is 81.5 Å². The molecular formula is C19H16N2O4. The zero-order valence-electron chi connectivity index (χ0n) is 13.5. The summed E-state index contributed by atoms with van der Waals surface area (Å²) in [6.45, 7) is 0.431. The average molecular weight is 336 g/mol. The largest absolute Gasteiger partial charge is 0.480 e. The van der Waals surface area contributed by atoms with E-state index in [1.165, 1.54) is 13.2 Å². The number of aromatic carboxylic acids is 1. The maximum atomic E-state index is 11.3. The molecule has 0 saturated carbocycles. The van der Waals surface area contributed by atoms with E-state index >= 15 is 0 Å². The highest BCUT2D eigenvalue weighted by atomic mass is 16.5. The number of carboxylic acid groups (broad SMARTS) is 1. The Bertz CT molecular complexity index is 864. The second kappa shape index (κ2) is 7.44. The standard InChI is InChI=1S/C19H16N2O4/c1-24-18-16(19(22)23)9-15(11-21-18)14-7-8-17(20-10-14)25-12-13-5-3-2-4-6-13/h2-11H,12H2,1H3,(H,22,23). The van der Waals surface area contributed by atoms with E-state index in [9.17, 15) is 9.90 Å². The Kier molecular flexibility index (Phi) is 4.89. The fourth-order valence-electron chi connectivity index (χ4n) is 2.29. The van der Waals surface area contributed by atoms with Crippen LogP contribution in [0.25, 0.3) is 11.1 Å². The van der Waals surface area contributed by atoms with Crippen molar-refractivity contribution in [1.82, 2.24) is 9.97 Å². The first kappa shape index (κ1) is 16.4. The maximum Gasteiger partial charge on any atom is 0.341 e. The number of hydrogen-bond donors (Lipinski definition) is 1. The number of benzene rings is 1. The fraction of sp³-hybridized carbons (Fsp3) is 0.105. The fourth-order valence-corrected chi connectivity index (χ4v) is 2.29. The quantitative estimate of drug-likeness (QED) is 0.743. The van der Waals surface area contributed by atoms with E-state index in [1.54, 1.807) is 18.5 Å². The Balaban J connectivity index is 1.76. The average Bonchev–Trinajstić information content (AvgIpc) is 2.67. The van der Waals surface area contributed by atoms with Crippen LogP contribution in [0.2, 0.25) is 0 Å². The lowest BCUT2D eigenvalue weighted by Crippen LogP contribution is -2.03. The summed E-state index contributed by atoms with van der Waals surface area (Å²) in [5.41, 5.74) is 2.44. The van der Waals surface area contributed by atoms with Crippen molar-refractivity contribution in [1.29, 1.82) is 0 Å². The minimum absolute atomic E-state index is 0.00408. The summed E-state index contributed by atoms with van der Waals surface area (Å²) in [4.78, 5) is 19.6. The molecule has 3 aromatic rings. The van der Waals surface area contributed by atoms with Gasteiger partial charge in [-0.05, 0) is 17.7 Å². The SMILES string of the molecule is COc1ncc(-c2ccc(OCc3ccccc3)nc2)cc1C(=O)O. The number of aromatic nitrogens is 2. The molecule has 0 saturated heterocycles. The van der Waals surface area contributed by atoms with Gasteiger partial charge in [-0.3, -0.25) is 0 Å². The van der Waals surface area contributed by atoms with Gasteiger partial charge in [0.1, 0.15) is 12.2 Å². The molecule has 2 heterocycles. The van der Waals surface area contributed by atoms with E-state index in [0.717, 1.165) is 11.1 Å². The molecule has 6 nitrogen and oxygen atoms in total. The van der Waals surface area contributed by atoms with Gasteiger partial charge in [-0.25, -0.2) is 14.8 Å². The van der Waals surface area contributed by atoms with Gasteiger partial charge in [0.15, 0.2) is 0 Å². The second-order valence-electron chi connectivity index (χ2n) is 5.25. The molecule has 25 heavy (non-hydrogen) atoms. The van der Waals surface area contributed by atoms with Crippen molar-refractivity contribution in [2.45, 2.75) is 6.61 Å². The summed E-state index contributed by atoms with van der Waals surface area (Å²) in [5.74, 6) is -0.526. The molecule has 0 spiro atoms. The monoisotopic (exact) mass is 336 g/mol. The molecule has 0 radical (unpaired) electrons. The smallest absolute Gasteiger partial charge is 0.341 e. The lowest BCUT2D eigenvalue weighted by molar-refractivity contribution is 0.0692. The zero-order chi connectivity index (χ0) is 17.6. The van der Waals surface area contributed by atoms with Crippen LogP contribution in [0.15, 0.2) is 60.9 Å². The summed E-state index contributed by atoms with van der Waals surface area (Å²) in [7, 11) is 1.38. The number of carboxylic acids is 1. The van der Waals surface area contributed by atoms with Crippen molar-refractivity contribution in [2.75, 3.05) is 7.11 Å². The molecule has 3 rings (SSSR count). The molecule has 0 bridgehead atoms. The lowest BCUT2D eigenvalue weighted by Gasteiger charge is -2.08. The van der Waals surface area contributed by atoms with Crippen LogP contribution in [-0.2, 0) is 6.61 Å². The molecule has 0 aliphatic carbocycles. The van der Waals surface area contributed by atoms with Crippen molar-refractivity contribution in [3.8, 4) is 22.9 Å². The molecule has 126 valence electrons. The van der Waals surface area contributed by atoms with Gasteiger partial charge < -0.3 is 14.6 Å². The Morgan fingerprint density at radius 3 is 2.44 bits per heavy atom. The molecule has 6 heteroatoms. The van der Waals surface area contributed by atoms with Gasteiger partial charge in [-0.15, -0.1) is 0 Å². The van der Waals surface area contributed by atoms with Gasteiger partial charge in [0, 0.05) is 29.6 Å². The second-order valence-corrected chi connectivity index (χ2v) is 5.25. The van der Waals surface area contributed by atoms with Gasteiger partial charge in [-0.1, -0.05) is 30.3 Å². The first-order valence-electron chi connectivity index (χ1n) is 7.58. The number of ether oxygens (including phenoxy) is 2. The lowest BCUT2D eigenvalue weighted by atomic mass is 10.1. The van der Waals surface area contributed by atoms with Gasteiger partial charge in [0.2, 0.25) is 11.8 Å². The van der Waals surface area contributed by atoms with E-state index < -0.39 is 5.97 Å². The number of methoxy groups -OCH3 is 1. The summed E-state index contributed by atoms with van der Waals surface area (Å²) < 4.78 is 10.6. The third kappa shape index (κ3) is 3.92. The third-order valence-electron chi connectivity index (χ3n) is 3.57. The molecule has 1 aromatic carbocycles. The van der Waals surface area contributed by atoms with E-state index in [2.05, 4.69) is 9.97 Å². The molecule has 0 unspecified atom stereocenters. The van der Waals surface area contributed by atoms with Gasteiger partial charge in [0.05, 0.1) is 7.11 Å².